The molecule has 2 bridgehead atoms. The van der Waals surface area contributed by atoms with E-state index < -0.39 is 17.4 Å². The topological polar surface area (TPSA) is 53.1 Å². The third-order valence-electron chi connectivity index (χ3n) is 6.78. The van der Waals surface area contributed by atoms with Crippen LogP contribution in [0.1, 0.15) is 12.0 Å². The number of hydrogen-bond donors (Lipinski definition) is 0. The average molecular weight is 399 g/mol. The van der Waals surface area contributed by atoms with Crippen LogP contribution in [0.3, 0.4) is 0 Å². The summed E-state index contributed by atoms with van der Waals surface area (Å²) in [5.74, 6) is -1.21. The van der Waals surface area contributed by atoms with Crippen LogP contribution in [0.4, 0.5) is 4.39 Å². The first kappa shape index (κ1) is 18.8. The zero-order valence-corrected chi connectivity index (χ0v) is 16.6. The van der Waals surface area contributed by atoms with Crippen LogP contribution in [0, 0.1) is 17.7 Å². The fourth-order valence-electron chi connectivity index (χ4n) is 5.28. The maximum absolute atomic E-state index is 13.4. The van der Waals surface area contributed by atoms with Crippen LogP contribution in [0.2, 0.25) is 0 Å². The smallest absolute Gasteiger partial charge is 0.230 e. The largest absolute Gasteiger partial charge is 0.360 e. The lowest BCUT2D eigenvalue weighted by Crippen LogP contribution is -2.47. The highest BCUT2D eigenvalue weighted by Crippen LogP contribution is 2.52. The fraction of sp³-hybridized carbons (Fsp3) is 0.545. The molecule has 3 fully saturated rings. The van der Waals surface area contributed by atoms with Crippen LogP contribution in [0.25, 0.3) is 0 Å². The summed E-state index contributed by atoms with van der Waals surface area (Å²) in [5, 5.41) is 0. The maximum atomic E-state index is 13.4. The number of carbonyl (C=O) groups excluding carboxylic acids is 2. The van der Waals surface area contributed by atoms with Gasteiger partial charge >= 0.3 is 0 Å². The first-order chi connectivity index (χ1) is 14.0. The average Bonchev–Trinajstić information content (AvgIpc) is 3.27. The Morgan fingerprint density at radius 3 is 2.79 bits per heavy atom. The highest BCUT2D eigenvalue weighted by atomic mass is 19.1. The molecule has 1 aromatic carbocycles. The number of ether oxygens (including phenoxy) is 1. The van der Waals surface area contributed by atoms with E-state index in [1.807, 2.05) is 17.1 Å². The van der Waals surface area contributed by atoms with Gasteiger partial charge in [0.15, 0.2) is 0 Å². The number of hydrogen-bond acceptors (Lipinski definition) is 4. The first-order valence-corrected chi connectivity index (χ1v) is 10.3. The van der Waals surface area contributed by atoms with Crippen molar-refractivity contribution < 1.29 is 18.7 Å². The lowest BCUT2D eigenvalue weighted by Gasteiger charge is -2.29. The minimum absolute atomic E-state index is 0.0357. The molecule has 29 heavy (non-hydrogen) atoms. The molecule has 4 atom stereocenters. The number of nitrogens with zero attached hydrogens (tertiary/aromatic N) is 3. The third-order valence-corrected chi connectivity index (χ3v) is 6.78. The number of rotatable bonds is 3. The van der Waals surface area contributed by atoms with Crippen molar-refractivity contribution in [3.8, 4) is 0 Å². The first-order valence-electron chi connectivity index (χ1n) is 10.3. The molecular weight excluding hydrogens is 373 g/mol. The van der Waals surface area contributed by atoms with E-state index in [0.29, 0.717) is 19.6 Å². The number of carbonyl (C=O) groups is 2. The summed E-state index contributed by atoms with van der Waals surface area (Å²) in [7, 11) is 2.07. The lowest BCUT2D eigenvalue weighted by molar-refractivity contribution is -0.143. The predicted octanol–water partition coefficient (Wildman–Crippen LogP) is 1.27. The molecule has 0 radical (unpaired) electrons. The van der Waals surface area contributed by atoms with Gasteiger partial charge in [0.2, 0.25) is 11.8 Å². The molecule has 1 aromatic rings. The molecule has 0 N–H and O–H groups in total. The summed E-state index contributed by atoms with van der Waals surface area (Å²) in [5.41, 5.74) is 0.165. The van der Waals surface area contributed by atoms with E-state index in [2.05, 4.69) is 11.9 Å². The van der Waals surface area contributed by atoms with Gasteiger partial charge < -0.3 is 19.4 Å². The number of fused-ring (bicyclic) bond motifs is 1. The lowest BCUT2D eigenvalue weighted by atomic mass is 9.76. The van der Waals surface area contributed by atoms with Crippen molar-refractivity contribution in [2.45, 2.75) is 24.7 Å². The van der Waals surface area contributed by atoms with Gasteiger partial charge in [-0.25, -0.2) is 4.39 Å². The van der Waals surface area contributed by atoms with E-state index in [1.165, 1.54) is 12.1 Å². The minimum atomic E-state index is -0.704. The van der Waals surface area contributed by atoms with E-state index in [4.69, 9.17) is 4.74 Å². The third kappa shape index (κ3) is 3.07. The zero-order chi connectivity index (χ0) is 20.2. The van der Waals surface area contributed by atoms with Crippen molar-refractivity contribution in [1.82, 2.24) is 14.7 Å². The summed E-state index contributed by atoms with van der Waals surface area (Å²) < 4.78 is 19.4. The number of amides is 2. The van der Waals surface area contributed by atoms with Crippen LogP contribution in [-0.4, -0.2) is 78.0 Å². The van der Waals surface area contributed by atoms with Crippen LogP contribution in [-0.2, 0) is 20.9 Å². The second-order valence-corrected chi connectivity index (χ2v) is 8.70. The maximum Gasteiger partial charge on any atom is 0.230 e. The molecule has 6 nitrogen and oxygen atoms in total. The van der Waals surface area contributed by atoms with Gasteiger partial charge in [-0.15, -0.1) is 0 Å². The molecule has 4 aliphatic heterocycles. The van der Waals surface area contributed by atoms with E-state index >= 15 is 0 Å². The van der Waals surface area contributed by atoms with Crippen LogP contribution < -0.4 is 0 Å². The molecule has 5 rings (SSSR count). The molecule has 154 valence electrons. The Balaban J connectivity index is 1.36. The van der Waals surface area contributed by atoms with Crippen molar-refractivity contribution >= 4 is 11.8 Å². The number of halogens is 1. The molecule has 0 aliphatic carbocycles. The Labute approximate surface area is 169 Å². The van der Waals surface area contributed by atoms with E-state index in [0.717, 1.165) is 31.6 Å². The Morgan fingerprint density at radius 2 is 2.00 bits per heavy atom. The summed E-state index contributed by atoms with van der Waals surface area (Å²) >= 11 is 0. The summed E-state index contributed by atoms with van der Waals surface area (Å²) in [6.45, 7) is 4.08. The highest BCUT2D eigenvalue weighted by Gasteiger charge is 2.67. The second kappa shape index (κ2) is 6.92. The monoisotopic (exact) mass is 399 g/mol. The van der Waals surface area contributed by atoms with E-state index in [9.17, 15) is 14.0 Å². The van der Waals surface area contributed by atoms with Gasteiger partial charge in [0.05, 0.1) is 24.5 Å². The van der Waals surface area contributed by atoms with Gasteiger partial charge in [-0.05, 0) is 37.7 Å². The molecule has 0 saturated carbocycles. The molecule has 0 unspecified atom stereocenters. The van der Waals surface area contributed by atoms with Gasteiger partial charge in [-0.3, -0.25) is 9.59 Å². The van der Waals surface area contributed by atoms with Crippen molar-refractivity contribution in [1.29, 1.82) is 0 Å². The van der Waals surface area contributed by atoms with Crippen molar-refractivity contribution in [3.05, 3.63) is 47.8 Å². The minimum Gasteiger partial charge on any atom is -0.360 e. The van der Waals surface area contributed by atoms with Gasteiger partial charge in [0.1, 0.15) is 11.4 Å². The van der Waals surface area contributed by atoms with Crippen molar-refractivity contribution in [2.75, 3.05) is 39.8 Å². The Hall–Kier alpha value is -2.25. The molecule has 4 aliphatic rings. The number of likely N-dealkylation sites (N-methyl/N-ethyl adjacent to an activating group) is 1. The Kier molecular flexibility index (Phi) is 4.47. The van der Waals surface area contributed by atoms with Crippen molar-refractivity contribution in [2.24, 2.45) is 11.8 Å². The van der Waals surface area contributed by atoms with Gasteiger partial charge in [-0.1, -0.05) is 24.3 Å². The second-order valence-electron chi connectivity index (χ2n) is 8.70. The van der Waals surface area contributed by atoms with Crippen molar-refractivity contribution in [3.63, 3.8) is 0 Å². The summed E-state index contributed by atoms with van der Waals surface area (Å²) in [6.07, 6.45) is 4.56. The van der Waals surface area contributed by atoms with Gasteiger partial charge in [-0.2, -0.15) is 0 Å². The molecule has 1 spiro atoms. The molecule has 3 saturated heterocycles. The van der Waals surface area contributed by atoms with Crippen LogP contribution in [0.5, 0.6) is 0 Å². The number of likely N-dealkylation sites (tertiary alicyclic amines) is 1. The summed E-state index contributed by atoms with van der Waals surface area (Å²) in [4.78, 5) is 32.6. The van der Waals surface area contributed by atoms with Gasteiger partial charge in [0.25, 0.3) is 0 Å². The predicted molar refractivity (Wildman–Crippen MR) is 104 cm³/mol. The Morgan fingerprint density at radius 1 is 1.21 bits per heavy atom. The zero-order valence-electron chi connectivity index (χ0n) is 16.6. The Bertz CT molecular complexity index is 857. The standard InChI is InChI=1S/C22H26FN3O3/c1-24-9-2-10-25(12-11-24)20(27)18-17-7-8-22(29-17)14-26(21(28)19(18)22)13-15-3-5-16(23)6-4-15/h3-8,17-19H,2,9-14H2,1H3/t17-,18+,19+,22-/m0/s1. The van der Waals surface area contributed by atoms with E-state index in [1.54, 1.807) is 17.0 Å². The molecule has 0 aromatic heterocycles. The fourth-order valence-corrected chi connectivity index (χ4v) is 5.28. The summed E-state index contributed by atoms with van der Waals surface area (Å²) in [6, 6.07) is 6.19. The quantitative estimate of drug-likeness (QED) is 0.719. The molecular formula is C22H26FN3O3. The highest BCUT2D eigenvalue weighted by molar-refractivity contribution is 5.93. The molecule has 7 heteroatoms. The van der Waals surface area contributed by atoms with Crippen LogP contribution in [0.15, 0.2) is 36.4 Å². The molecule has 2 amide bonds. The normalized spacial score (nSPS) is 34.0. The molecule has 4 heterocycles. The van der Waals surface area contributed by atoms with E-state index in [-0.39, 0.29) is 23.7 Å². The number of benzene rings is 1. The van der Waals surface area contributed by atoms with Gasteiger partial charge in [0, 0.05) is 26.2 Å². The SMILES string of the molecule is CN1CCCN(C(=O)[C@@H]2[C@@H]3C=C[C@@]4(CN(Cc5ccc(F)cc5)C(=O)[C@@H]24)O3)CC1. The van der Waals surface area contributed by atoms with Crippen LogP contribution >= 0.6 is 0 Å².